The molecule has 0 aliphatic heterocycles. The molecule has 0 aliphatic carbocycles. The van der Waals surface area contributed by atoms with Gasteiger partial charge >= 0.3 is 5.97 Å². The lowest BCUT2D eigenvalue weighted by atomic mass is 10.1. The van der Waals surface area contributed by atoms with Crippen molar-refractivity contribution in [2.24, 2.45) is 0 Å². The number of carbonyl (C=O) groups is 1. The van der Waals surface area contributed by atoms with Crippen LogP contribution in [0, 0.1) is 10.1 Å². The molecule has 0 radical (unpaired) electrons. The van der Waals surface area contributed by atoms with Crippen LogP contribution in [0.1, 0.15) is 49.9 Å². The highest BCUT2D eigenvalue weighted by Crippen LogP contribution is 2.30. The minimum atomic E-state index is -1.07. The summed E-state index contributed by atoms with van der Waals surface area (Å²) in [7, 11) is 0. The number of carboxylic acids is 1. The minimum Gasteiger partial charge on any atom is -0.478 e. The predicted octanol–water partition coefficient (Wildman–Crippen LogP) is 3.70. The Labute approximate surface area is 124 Å². The van der Waals surface area contributed by atoms with E-state index in [1.54, 1.807) is 0 Å². The maximum atomic E-state index is 11.2. The number of nitro benzene ring substituents is 1. The molecule has 0 heterocycles. The van der Waals surface area contributed by atoms with Gasteiger partial charge in [0.15, 0.2) is 0 Å². The first-order valence-electron chi connectivity index (χ1n) is 7.27. The zero-order valence-electron chi connectivity index (χ0n) is 12.5. The van der Waals surface area contributed by atoms with Gasteiger partial charge in [0.25, 0.3) is 5.69 Å². The summed E-state index contributed by atoms with van der Waals surface area (Å²) in [6, 6.07) is 3.97. The summed E-state index contributed by atoms with van der Waals surface area (Å²) in [6.45, 7) is 5.50. The van der Waals surface area contributed by atoms with Gasteiger partial charge < -0.3 is 10.0 Å². The Morgan fingerprint density at radius 3 is 2.24 bits per heavy atom. The molecule has 0 amide bonds. The fourth-order valence-electron chi connectivity index (χ4n) is 2.11. The summed E-state index contributed by atoms with van der Waals surface area (Å²) in [4.78, 5) is 23.8. The minimum absolute atomic E-state index is 0.0350. The lowest BCUT2D eigenvalue weighted by molar-refractivity contribution is -0.384. The van der Waals surface area contributed by atoms with E-state index in [0.29, 0.717) is 18.8 Å². The van der Waals surface area contributed by atoms with Gasteiger partial charge in [0.2, 0.25) is 0 Å². The number of hydrogen-bond donors (Lipinski definition) is 1. The highest BCUT2D eigenvalue weighted by molar-refractivity contribution is 5.90. The van der Waals surface area contributed by atoms with Crippen molar-refractivity contribution < 1.29 is 14.8 Å². The molecule has 0 atom stereocenters. The van der Waals surface area contributed by atoms with Crippen molar-refractivity contribution >= 4 is 17.3 Å². The zero-order chi connectivity index (χ0) is 15.8. The Bertz CT molecular complexity index is 494. The molecule has 0 spiro atoms. The molecule has 0 saturated heterocycles. The van der Waals surface area contributed by atoms with E-state index >= 15 is 0 Å². The highest BCUT2D eigenvalue weighted by Gasteiger charge is 2.21. The number of benzene rings is 1. The Balaban J connectivity index is 3.19. The molecule has 116 valence electrons. The molecule has 1 aromatic rings. The maximum Gasteiger partial charge on any atom is 0.335 e. The van der Waals surface area contributed by atoms with E-state index in [4.69, 9.17) is 5.11 Å². The third kappa shape index (κ3) is 4.73. The van der Waals surface area contributed by atoms with Gasteiger partial charge in [0, 0.05) is 19.2 Å². The van der Waals surface area contributed by atoms with E-state index < -0.39 is 10.9 Å². The Kier molecular flexibility index (Phi) is 6.65. The molecular weight excluding hydrogens is 272 g/mol. The van der Waals surface area contributed by atoms with Crippen molar-refractivity contribution in [3.63, 3.8) is 0 Å². The van der Waals surface area contributed by atoms with Crippen molar-refractivity contribution in [2.45, 2.75) is 39.5 Å². The second kappa shape index (κ2) is 8.24. The second-order valence-corrected chi connectivity index (χ2v) is 4.96. The summed E-state index contributed by atoms with van der Waals surface area (Å²) in [6.07, 6.45) is 3.79. The van der Waals surface area contributed by atoms with Crippen molar-refractivity contribution in [3.8, 4) is 0 Å². The van der Waals surface area contributed by atoms with Gasteiger partial charge in [-0.2, -0.15) is 0 Å². The summed E-state index contributed by atoms with van der Waals surface area (Å²) in [5.74, 6) is -1.07. The molecule has 0 saturated carbocycles. The van der Waals surface area contributed by atoms with Crippen LogP contribution >= 0.6 is 0 Å². The molecule has 0 fully saturated rings. The largest absolute Gasteiger partial charge is 0.478 e. The average molecular weight is 294 g/mol. The van der Waals surface area contributed by atoms with Gasteiger partial charge in [-0.1, -0.05) is 26.7 Å². The normalized spacial score (nSPS) is 10.4. The standard InChI is InChI=1S/C15H22N2O4/c1-3-5-9-16(10-6-4-2)14-11-12(15(18)19)7-8-13(14)17(20)21/h7-8,11H,3-6,9-10H2,1-2H3,(H,18,19). The van der Waals surface area contributed by atoms with Gasteiger partial charge in [-0.05, 0) is 25.0 Å². The molecule has 0 aromatic heterocycles. The SMILES string of the molecule is CCCCN(CCCC)c1cc(C(=O)O)ccc1[N+](=O)[O-]. The first kappa shape index (κ1) is 16.9. The molecule has 0 aliphatic rings. The molecule has 1 rings (SSSR count). The van der Waals surface area contributed by atoms with Crippen LogP contribution in [0.2, 0.25) is 0 Å². The summed E-state index contributed by atoms with van der Waals surface area (Å²) < 4.78 is 0. The topological polar surface area (TPSA) is 83.7 Å². The van der Waals surface area contributed by atoms with Crippen LogP contribution in [0.4, 0.5) is 11.4 Å². The third-order valence-corrected chi connectivity index (χ3v) is 3.32. The number of rotatable bonds is 9. The van der Waals surface area contributed by atoms with Gasteiger partial charge in [0.1, 0.15) is 5.69 Å². The van der Waals surface area contributed by atoms with Crippen molar-refractivity contribution in [1.82, 2.24) is 0 Å². The van der Waals surface area contributed by atoms with Crippen LogP contribution in [0.25, 0.3) is 0 Å². The van der Waals surface area contributed by atoms with E-state index in [9.17, 15) is 14.9 Å². The molecule has 6 nitrogen and oxygen atoms in total. The van der Waals surface area contributed by atoms with Crippen LogP contribution in [-0.2, 0) is 0 Å². The molecule has 1 N–H and O–H groups in total. The zero-order valence-corrected chi connectivity index (χ0v) is 12.5. The molecule has 1 aromatic carbocycles. The quantitative estimate of drug-likeness (QED) is 0.554. The fraction of sp³-hybridized carbons (Fsp3) is 0.533. The average Bonchev–Trinajstić information content (AvgIpc) is 2.46. The number of unbranched alkanes of at least 4 members (excludes halogenated alkanes) is 2. The molecular formula is C15H22N2O4. The van der Waals surface area contributed by atoms with E-state index in [2.05, 4.69) is 13.8 Å². The smallest absolute Gasteiger partial charge is 0.335 e. The Morgan fingerprint density at radius 1 is 1.24 bits per heavy atom. The van der Waals surface area contributed by atoms with E-state index in [0.717, 1.165) is 25.7 Å². The van der Waals surface area contributed by atoms with Gasteiger partial charge in [-0.3, -0.25) is 10.1 Å². The van der Waals surface area contributed by atoms with Crippen LogP contribution in [-0.4, -0.2) is 29.1 Å². The van der Waals surface area contributed by atoms with Crippen LogP contribution in [0.15, 0.2) is 18.2 Å². The molecule has 0 unspecified atom stereocenters. The Hall–Kier alpha value is -2.11. The summed E-state index contributed by atoms with van der Waals surface area (Å²) >= 11 is 0. The predicted molar refractivity (Wildman–Crippen MR) is 82.1 cm³/mol. The van der Waals surface area contributed by atoms with Crippen LogP contribution in [0.3, 0.4) is 0 Å². The van der Waals surface area contributed by atoms with Gasteiger partial charge in [-0.25, -0.2) is 4.79 Å². The van der Waals surface area contributed by atoms with E-state index in [-0.39, 0.29) is 11.3 Å². The van der Waals surface area contributed by atoms with Gasteiger partial charge in [-0.15, -0.1) is 0 Å². The number of carboxylic acid groups (broad SMARTS) is 1. The lowest BCUT2D eigenvalue weighted by Crippen LogP contribution is -2.26. The Morgan fingerprint density at radius 2 is 1.81 bits per heavy atom. The van der Waals surface area contributed by atoms with Crippen LogP contribution < -0.4 is 4.90 Å². The number of hydrogen-bond acceptors (Lipinski definition) is 4. The van der Waals surface area contributed by atoms with Crippen LogP contribution in [0.5, 0.6) is 0 Å². The van der Waals surface area contributed by atoms with E-state index in [1.165, 1.54) is 18.2 Å². The number of aromatic carboxylic acids is 1. The first-order valence-corrected chi connectivity index (χ1v) is 7.27. The first-order chi connectivity index (χ1) is 10.0. The second-order valence-electron chi connectivity index (χ2n) is 4.96. The summed E-state index contributed by atoms with van der Waals surface area (Å²) in [5.41, 5.74) is 0.447. The molecule has 0 bridgehead atoms. The van der Waals surface area contributed by atoms with Crippen molar-refractivity contribution in [3.05, 3.63) is 33.9 Å². The highest BCUT2D eigenvalue weighted by atomic mass is 16.6. The number of nitrogens with zero attached hydrogens (tertiary/aromatic N) is 2. The number of nitro groups is 1. The van der Waals surface area contributed by atoms with Crippen molar-refractivity contribution in [1.29, 1.82) is 0 Å². The lowest BCUT2D eigenvalue weighted by Gasteiger charge is -2.24. The fourth-order valence-corrected chi connectivity index (χ4v) is 2.11. The van der Waals surface area contributed by atoms with Gasteiger partial charge in [0.05, 0.1) is 10.5 Å². The number of anilines is 1. The maximum absolute atomic E-state index is 11.2. The van der Waals surface area contributed by atoms with E-state index in [1.807, 2.05) is 4.90 Å². The third-order valence-electron chi connectivity index (χ3n) is 3.32. The monoisotopic (exact) mass is 294 g/mol. The van der Waals surface area contributed by atoms with Crippen molar-refractivity contribution in [2.75, 3.05) is 18.0 Å². The molecule has 6 heteroatoms. The molecule has 21 heavy (non-hydrogen) atoms. The summed E-state index contributed by atoms with van der Waals surface area (Å²) in [5, 5.41) is 20.3.